The van der Waals surface area contributed by atoms with Gasteiger partial charge in [-0.25, -0.2) is 8.78 Å². The van der Waals surface area contributed by atoms with Gasteiger partial charge in [0.05, 0.1) is 12.1 Å². The molecular weight excluding hydrogens is 246 g/mol. The molecule has 0 bridgehead atoms. The summed E-state index contributed by atoms with van der Waals surface area (Å²) >= 11 is 0. The third-order valence-corrected chi connectivity index (χ3v) is 3.69. The van der Waals surface area contributed by atoms with Crippen LogP contribution in [-0.4, -0.2) is 28.7 Å². The second-order valence-electron chi connectivity index (χ2n) is 5.01. The Bertz CT molecular complexity index is 618. The van der Waals surface area contributed by atoms with Crippen LogP contribution in [0.25, 0.3) is 10.9 Å². The van der Waals surface area contributed by atoms with Gasteiger partial charge in [0.2, 0.25) is 0 Å². The molecule has 0 saturated carbocycles. The Morgan fingerprint density at radius 3 is 2.95 bits per heavy atom. The normalized spacial score (nSPS) is 19.3. The van der Waals surface area contributed by atoms with E-state index in [0.717, 1.165) is 11.2 Å². The van der Waals surface area contributed by atoms with Crippen LogP contribution in [0.5, 0.6) is 0 Å². The molecule has 0 radical (unpaired) electrons. The van der Waals surface area contributed by atoms with E-state index in [9.17, 15) is 8.78 Å². The first kappa shape index (κ1) is 12.2. The number of benzene rings is 1. The van der Waals surface area contributed by atoms with Crippen LogP contribution >= 0.6 is 0 Å². The van der Waals surface area contributed by atoms with E-state index in [4.69, 9.17) is 0 Å². The molecule has 1 saturated heterocycles. The van der Waals surface area contributed by atoms with Crippen LogP contribution in [0.2, 0.25) is 0 Å². The average molecular weight is 262 g/mol. The third kappa shape index (κ3) is 2.23. The van der Waals surface area contributed by atoms with E-state index < -0.39 is 6.17 Å². The molecule has 1 aromatic carbocycles. The van der Waals surface area contributed by atoms with Crippen LogP contribution in [0, 0.1) is 5.82 Å². The number of aromatic nitrogens is 1. The highest BCUT2D eigenvalue weighted by Crippen LogP contribution is 2.22. The zero-order chi connectivity index (χ0) is 13.4. The van der Waals surface area contributed by atoms with E-state index in [1.807, 2.05) is 21.7 Å². The molecule has 19 heavy (non-hydrogen) atoms. The van der Waals surface area contributed by atoms with Crippen molar-refractivity contribution >= 4 is 10.9 Å². The Hall–Kier alpha value is -1.84. The highest BCUT2D eigenvalue weighted by atomic mass is 19.1. The predicted molar refractivity (Wildman–Crippen MR) is 72.1 cm³/mol. The summed E-state index contributed by atoms with van der Waals surface area (Å²) < 4.78 is 28.7. The summed E-state index contributed by atoms with van der Waals surface area (Å²) in [5.41, 5.74) is 1.72. The molecule has 1 atom stereocenters. The van der Waals surface area contributed by atoms with Crippen molar-refractivity contribution < 1.29 is 8.78 Å². The summed E-state index contributed by atoms with van der Waals surface area (Å²) in [5.74, 6) is -0.216. The van der Waals surface area contributed by atoms with Crippen LogP contribution in [0.4, 0.5) is 8.78 Å². The standard InChI is InChI=1S/C15H16F2N2/c1-11(18-7-5-12(16)10-18)9-19-8-6-13-14(17)3-2-4-15(13)19/h2-4,6,8,12H,1,5,7,9-10H2. The molecule has 0 aliphatic carbocycles. The van der Waals surface area contributed by atoms with Gasteiger partial charge in [-0.3, -0.25) is 0 Å². The molecule has 1 aliphatic heterocycles. The Labute approximate surface area is 110 Å². The lowest BCUT2D eigenvalue weighted by molar-refractivity contribution is 0.318. The number of nitrogens with zero attached hydrogens (tertiary/aromatic N) is 2. The molecule has 100 valence electrons. The Morgan fingerprint density at radius 1 is 1.37 bits per heavy atom. The second kappa shape index (κ2) is 4.68. The van der Waals surface area contributed by atoms with Crippen molar-refractivity contribution in [2.75, 3.05) is 13.1 Å². The Kier molecular flexibility index (Phi) is 3.01. The van der Waals surface area contributed by atoms with Crippen LogP contribution in [-0.2, 0) is 6.54 Å². The van der Waals surface area contributed by atoms with E-state index >= 15 is 0 Å². The first-order valence-corrected chi connectivity index (χ1v) is 6.45. The fourth-order valence-corrected chi connectivity index (χ4v) is 2.63. The first-order chi connectivity index (χ1) is 9.15. The van der Waals surface area contributed by atoms with Gasteiger partial charge in [-0.15, -0.1) is 0 Å². The van der Waals surface area contributed by atoms with E-state index in [2.05, 4.69) is 6.58 Å². The monoisotopic (exact) mass is 262 g/mol. The Balaban J connectivity index is 1.82. The molecule has 2 nitrogen and oxygen atoms in total. The maximum Gasteiger partial charge on any atom is 0.132 e. The van der Waals surface area contributed by atoms with Crippen molar-refractivity contribution in [2.24, 2.45) is 0 Å². The minimum Gasteiger partial charge on any atom is -0.371 e. The largest absolute Gasteiger partial charge is 0.371 e. The molecule has 0 N–H and O–H groups in total. The van der Waals surface area contributed by atoms with Crippen molar-refractivity contribution in [1.82, 2.24) is 9.47 Å². The van der Waals surface area contributed by atoms with E-state index in [1.165, 1.54) is 6.07 Å². The van der Waals surface area contributed by atoms with Gasteiger partial charge in [-0.1, -0.05) is 12.6 Å². The lowest BCUT2D eigenvalue weighted by atomic mass is 10.2. The SMILES string of the molecule is C=C(Cn1ccc2c(F)cccc21)N1CCC(F)C1. The van der Waals surface area contributed by atoms with Crippen LogP contribution < -0.4 is 0 Å². The van der Waals surface area contributed by atoms with Gasteiger partial charge in [0.15, 0.2) is 0 Å². The lowest BCUT2D eigenvalue weighted by Crippen LogP contribution is -2.22. The van der Waals surface area contributed by atoms with Gasteiger partial charge in [-0.2, -0.15) is 0 Å². The molecule has 3 rings (SSSR count). The van der Waals surface area contributed by atoms with Gasteiger partial charge >= 0.3 is 0 Å². The highest BCUT2D eigenvalue weighted by molar-refractivity contribution is 5.80. The molecule has 1 aromatic heterocycles. The molecule has 0 amide bonds. The average Bonchev–Trinajstić information content (AvgIpc) is 2.98. The molecule has 1 unspecified atom stereocenters. The summed E-state index contributed by atoms with van der Waals surface area (Å²) in [6.07, 6.45) is 1.66. The van der Waals surface area contributed by atoms with Gasteiger partial charge in [0, 0.05) is 30.4 Å². The topological polar surface area (TPSA) is 8.17 Å². The van der Waals surface area contributed by atoms with E-state index in [0.29, 0.717) is 31.4 Å². The number of alkyl halides is 1. The zero-order valence-corrected chi connectivity index (χ0v) is 10.6. The van der Waals surface area contributed by atoms with Crippen molar-refractivity contribution in [3.63, 3.8) is 0 Å². The van der Waals surface area contributed by atoms with Gasteiger partial charge in [0.25, 0.3) is 0 Å². The first-order valence-electron chi connectivity index (χ1n) is 6.45. The molecule has 1 fully saturated rings. The van der Waals surface area contributed by atoms with Crippen molar-refractivity contribution in [2.45, 2.75) is 19.1 Å². The molecule has 2 heterocycles. The highest BCUT2D eigenvalue weighted by Gasteiger charge is 2.22. The number of allylic oxidation sites excluding steroid dienone is 1. The quantitative estimate of drug-likeness (QED) is 0.823. The smallest absolute Gasteiger partial charge is 0.132 e. The Morgan fingerprint density at radius 2 is 2.21 bits per heavy atom. The molecule has 0 spiro atoms. The van der Waals surface area contributed by atoms with E-state index in [-0.39, 0.29) is 5.82 Å². The molecule has 4 heteroatoms. The fourth-order valence-electron chi connectivity index (χ4n) is 2.63. The van der Waals surface area contributed by atoms with E-state index in [1.54, 1.807) is 12.1 Å². The number of hydrogen-bond donors (Lipinski definition) is 0. The summed E-state index contributed by atoms with van der Waals surface area (Å²) in [5, 5.41) is 0.611. The molecule has 1 aliphatic rings. The minimum atomic E-state index is -0.754. The van der Waals surface area contributed by atoms with Crippen molar-refractivity contribution in [1.29, 1.82) is 0 Å². The van der Waals surface area contributed by atoms with Crippen molar-refractivity contribution in [3.05, 3.63) is 48.6 Å². The predicted octanol–water partition coefficient (Wildman–Crippen LogP) is 3.34. The summed E-state index contributed by atoms with van der Waals surface area (Å²) in [6, 6.07) is 6.80. The summed E-state index contributed by atoms with van der Waals surface area (Å²) in [7, 11) is 0. The second-order valence-corrected chi connectivity index (χ2v) is 5.01. The third-order valence-electron chi connectivity index (χ3n) is 3.69. The number of likely N-dealkylation sites (tertiary alicyclic amines) is 1. The fraction of sp³-hybridized carbons (Fsp3) is 0.333. The summed E-state index contributed by atoms with van der Waals surface area (Å²) in [6.45, 7) is 5.73. The van der Waals surface area contributed by atoms with Crippen LogP contribution in [0.3, 0.4) is 0 Å². The molecule has 2 aromatic rings. The maximum absolute atomic E-state index is 13.6. The van der Waals surface area contributed by atoms with Crippen LogP contribution in [0.1, 0.15) is 6.42 Å². The number of hydrogen-bond acceptors (Lipinski definition) is 1. The lowest BCUT2D eigenvalue weighted by Gasteiger charge is -2.21. The number of fused-ring (bicyclic) bond motifs is 1. The van der Waals surface area contributed by atoms with Gasteiger partial charge in [-0.05, 0) is 24.6 Å². The van der Waals surface area contributed by atoms with Gasteiger partial charge < -0.3 is 9.47 Å². The van der Waals surface area contributed by atoms with Crippen LogP contribution in [0.15, 0.2) is 42.7 Å². The molecular formula is C15H16F2N2. The zero-order valence-electron chi connectivity index (χ0n) is 10.6. The number of halogens is 2. The minimum absolute atomic E-state index is 0.216. The van der Waals surface area contributed by atoms with Crippen molar-refractivity contribution in [3.8, 4) is 0 Å². The summed E-state index contributed by atoms with van der Waals surface area (Å²) in [4.78, 5) is 1.97. The van der Waals surface area contributed by atoms with Gasteiger partial charge in [0.1, 0.15) is 12.0 Å². The number of rotatable bonds is 3. The maximum atomic E-state index is 13.6.